The van der Waals surface area contributed by atoms with Gasteiger partial charge in [0.2, 0.25) is 0 Å². The van der Waals surface area contributed by atoms with Crippen LogP contribution in [0.3, 0.4) is 0 Å². The molecule has 1 nitrogen and oxygen atoms in total. The third kappa shape index (κ3) is 1.46. The monoisotopic (exact) mass is 177 g/mol. The zero-order valence-corrected chi connectivity index (χ0v) is 6.82. The first-order valence-electron chi connectivity index (χ1n) is 3.15. The van der Waals surface area contributed by atoms with Crippen LogP contribution in [0.5, 0.6) is 0 Å². The molecule has 0 aromatic heterocycles. The second-order valence-corrected chi connectivity index (χ2v) is 3.47. The molecule has 0 aromatic rings. The van der Waals surface area contributed by atoms with E-state index in [-0.39, 0.29) is 0 Å². The second-order valence-electron chi connectivity index (χ2n) is 2.41. The van der Waals surface area contributed by atoms with Gasteiger partial charge < -0.3 is 0 Å². The molecule has 0 aliphatic carbocycles. The fraction of sp³-hybridized carbons (Fsp3) is 1.00. The fourth-order valence-electron chi connectivity index (χ4n) is 1.03. The minimum atomic E-state index is 0.649. The predicted octanol–water partition coefficient (Wildman–Crippen LogP) is 1.82. The van der Waals surface area contributed by atoms with Gasteiger partial charge in [-0.05, 0) is 32.9 Å². The molecule has 1 heterocycles. The van der Waals surface area contributed by atoms with Crippen molar-refractivity contribution in [2.45, 2.75) is 24.2 Å². The van der Waals surface area contributed by atoms with Crippen molar-refractivity contribution in [3.05, 3.63) is 0 Å². The van der Waals surface area contributed by atoms with Crippen LogP contribution in [0, 0.1) is 0 Å². The second kappa shape index (κ2) is 2.83. The summed E-state index contributed by atoms with van der Waals surface area (Å²) in [6, 6.07) is 0. The van der Waals surface area contributed by atoms with Crippen LogP contribution in [-0.4, -0.2) is 23.4 Å². The molecule has 0 N–H and O–H groups in total. The zero-order chi connectivity index (χ0) is 5.98. The smallest absolute Gasteiger partial charge is 0.0653 e. The average Bonchev–Trinajstić information content (AvgIpc) is 1.77. The van der Waals surface area contributed by atoms with Gasteiger partial charge in [-0.15, -0.1) is 0 Å². The van der Waals surface area contributed by atoms with Gasteiger partial charge in [-0.2, -0.15) is 0 Å². The highest BCUT2D eigenvalue weighted by atomic mass is 79.9. The lowest BCUT2D eigenvalue weighted by atomic mass is 10.1. The van der Waals surface area contributed by atoms with Crippen molar-refractivity contribution in [2.24, 2.45) is 0 Å². The van der Waals surface area contributed by atoms with E-state index in [1.165, 1.54) is 25.8 Å². The highest BCUT2D eigenvalue weighted by Gasteiger charge is 2.14. The molecule has 48 valence electrons. The Morgan fingerprint density at radius 1 is 1.50 bits per heavy atom. The van der Waals surface area contributed by atoms with E-state index in [0.29, 0.717) is 4.95 Å². The largest absolute Gasteiger partial charge is 0.294 e. The highest BCUT2D eigenvalue weighted by molar-refractivity contribution is 9.09. The molecular weight excluding hydrogens is 166 g/mol. The lowest BCUT2D eigenvalue weighted by molar-refractivity contribution is 0.256. The third-order valence-electron chi connectivity index (χ3n) is 1.68. The van der Waals surface area contributed by atoms with E-state index in [1.54, 1.807) is 0 Å². The quantitative estimate of drug-likeness (QED) is 0.404. The summed E-state index contributed by atoms with van der Waals surface area (Å²) in [6.45, 7) is 1.26. The minimum absolute atomic E-state index is 0.649. The van der Waals surface area contributed by atoms with Crippen LogP contribution in [0.4, 0.5) is 0 Å². The van der Waals surface area contributed by atoms with Gasteiger partial charge in [0.05, 0.1) is 4.95 Å². The van der Waals surface area contributed by atoms with Crippen molar-refractivity contribution < 1.29 is 0 Å². The van der Waals surface area contributed by atoms with E-state index < -0.39 is 0 Å². The highest BCUT2D eigenvalue weighted by Crippen LogP contribution is 2.18. The number of likely N-dealkylation sites (tertiary alicyclic amines) is 1. The third-order valence-corrected chi connectivity index (χ3v) is 2.84. The van der Waals surface area contributed by atoms with Gasteiger partial charge in [0, 0.05) is 0 Å². The Hall–Kier alpha value is 0.440. The summed E-state index contributed by atoms with van der Waals surface area (Å²) in [5.41, 5.74) is 0. The number of piperidine rings is 1. The first-order valence-corrected chi connectivity index (χ1v) is 4.06. The maximum absolute atomic E-state index is 3.58. The molecule has 0 amide bonds. The summed E-state index contributed by atoms with van der Waals surface area (Å²) in [7, 11) is 2.17. The van der Waals surface area contributed by atoms with E-state index in [9.17, 15) is 0 Å². The first kappa shape index (κ1) is 6.56. The lowest BCUT2D eigenvalue weighted by Crippen LogP contribution is -2.31. The summed E-state index contributed by atoms with van der Waals surface area (Å²) < 4.78 is 0. The van der Waals surface area contributed by atoms with Crippen LogP contribution < -0.4 is 0 Å². The number of hydrogen-bond acceptors (Lipinski definition) is 1. The molecule has 0 saturated carbocycles. The molecule has 0 aromatic carbocycles. The number of hydrogen-bond donors (Lipinski definition) is 0. The van der Waals surface area contributed by atoms with Crippen LogP contribution in [0.25, 0.3) is 0 Å². The van der Waals surface area contributed by atoms with Crippen molar-refractivity contribution >= 4 is 15.9 Å². The molecule has 2 heteroatoms. The van der Waals surface area contributed by atoms with Crippen LogP contribution in [0.1, 0.15) is 19.3 Å². The van der Waals surface area contributed by atoms with Crippen molar-refractivity contribution in [3.8, 4) is 0 Å². The number of rotatable bonds is 0. The molecule has 1 atom stereocenters. The number of nitrogens with zero attached hydrogens (tertiary/aromatic N) is 1. The molecular formula is C6H12BrN. The first-order chi connectivity index (χ1) is 3.80. The van der Waals surface area contributed by atoms with Gasteiger partial charge in [-0.1, -0.05) is 15.9 Å². The molecule has 0 bridgehead atoms. The van der Waals surface area contributed by atoms with Crippen molar-refractivity contribution in [1.29, 1.82) is 0 Å². The summed E-state index contributed by atoms with van der Waals surface area (Å²) in [5, 5.41) is 0. The Balaban J connectivity index is 2.28. The Morgan fingerprint density at radius 3 is 2.62 bits per heavy atom. The van der Waals surface area contributed by atoms with E-state index in [4.69, 9.17) is 0 Å². The molecule has 0 spiro atoms. The molecule has 0 radical (unpaired) electrons. The standard InChI is InChI=1S/C6H12BrN/c1-8-5-3-2-4-6(8)7/h6H,2-5H2,1H3. The van der Waals surface area contributed by atoms with Gasteiger partial charge in [-0.25, -0.2) is 0 Å². The van der Waals surface area contributed by atoms with Crippen LogP contribution in [0.15, 0.2) is 0 Å². The topological polar surface area (TPSA) is 3.24 Å². The van der Waals surface area contributed by atoms with E-state index in [1.807, 2.05) is 0 Å². The molecule has 8 heavy (non-hydrogen) atoms. The SMILES string of the molecule is CN1CCCCC1Br. The van der Waals surface area contributed by atoms with E-state index in [2.05, 4.69) is 27.9 Å². The predicted molar refractivity (Wildman–Crippen MR) is 39.2 cm³/mol. The van der Waals surface area contributed by atoms with Crippen molar-refractivity contribution in [2.75, 3.05) is 13.6 Å². The summed E-state index contributed by atoms with van der Waals surface area (Å²) >= 11 is 3.58. The van der Waals surface area contributed by atoms with Gasteiger partial charge in [-0.3, -0.25) is 4.90 Å². The summed E-state index contributed by atoms with van der Waals surface area (Å²) in [4.78, 5) is 3.00. The van der Waals surface area contributed by atoms with Crippen molar-refractivity contribution in [3.63, 3.8) is 0 Å². The average molecular weight is 178 g/mol. The molecule has 1 unspecified atom stereocenters. The van der Waals surface area contributed by atoms with Gasteiger partial charge >= 0.3 is 0 Å². The van der Waals surface area contributed by atoms with Crippen LogP contribution >= 0.6 is 15.9 Å². The van der Waals surface area contributed by atoms with Gasteiger partial charge in [0.25, 0.3) is 0 Å². The summed E-state index contributed by atoms with van der Waals surface area (Å²) in [6.07, 6.45) is 4.08. The molecule has 1 rings (SSSR count). The zero-order valence-electron chi connectivity index (χ0n) is 5.23. The normalized spacial score (nSPS) is 33.0. The van der Waals surface area contributed by atoms with Gasteiger partial charge in [0.1, 0.15) is 0 Å². The molecule has 1 aliphatic heterocycles. The molecule has 1 fully saturated rings. The maximum atomic E-state index is 3.58. The van der Waals surface area contributed by atoms with Crippen LogP contribution in [-0.2, 0) is 0 Å². The Labute approximate surface area is 59.2 Å². The maximum Gasteiger partial charge on any atom is 0.0653 e. The molecule has 1 aliphatic rings. The lowest BCUT2D eigenvalue weighted by Gasteiger charge is -2.27. The molecule has 1 saturated heterocycles. The number of alkyl halides is 1. The van der Waals surface area contributed by atoms with E-state index in [0.717, 1.165) is 0 Å². The Kier molecular flexibility index (Phi) is 2.32. The van der Waals surface area contributed by atoms with Crippen LogP contribution in [0.2, 0.25) is 0 Å². The Morgan fingerprint density at radius 2 is 2.25 bits per heavy atom. The summed E-state index contributed by atoms with van der Waals surface area (Å²) in [5.74, 6) is 0. The van der Waals surface area contributed by atoms with Gasteiger partial charge in [0.15, 0.2) is 0 Å². The van der Waals surface area contributed by atoms with Crippen molar-refractivity contribution in [1.82, 2.24) is 4.90 Å². The minimum Gasteiger partial charge on any atom is -0.294 e. The fourth-order valence-corrected chi connectivity index (χ4v) is 1.56. The Bertz CT molecular complexity index is 64.9. The van der Waals surface area contributed by atoms with E-state index >= 15 is 0 Å². The number of halogens is 1.